The number of carbonyl (C=O) groups is 1. The Kier molecular flexibility index (Phi) is 3.94. The van der Waals surface area contributed by atoms with Gasteiger partial charge in [-0.3, -0.25) is 4.79 Å². The van der Waals surface area contributed by atoms with Gasteiger partial charge in [-0.05, 0) is 24.6 Å². The van der Waals surface area contributed by atoms with Crippen molar-refractivity contribution < 1.29 is 23.4 Å². The molecule has 3 rings (SSSR count). The van der Waals surface area contributed by atoms with Crippen molar-refractivity contribution in [2.75, 3.05) is 19.9 Å². The van der Waals surface area contributed by atoms with Crippen LogP contribution in [0.1, 0.15) is 30.0 Å². The summed E-state index contributed by atoms with van der Waals surface area (Å²) in [6, 6.07) is 5.47. The minimum atomic E-state index is -2.03. The first kappa shape index (κ1) is 15.7. The number of nitriles is 1. The summed E-state index contributed by atoms with van der Waals surface area (Å²) in [5, 5.41) is 19.6. The topological polar surface area (TPSA) is 73.6 Å². The standard InChI is InChI=1S/C16H16F2N2O3/c17-8-16(9-18)15(22)14(20-5-1-2-13(20)21)11-6-10(7-19)3-4-12(11)23-16/h3-4,6,14-15,22H,1-2,5,8-9H2/t14-,15+/m1/s1. The number of hydrogen-bond acceptors (Lipinski definition) is 4. The van der Waals surface area contributed by atoms with Crippen molar-refractivity contribution in [3.05, 3.63) is 29.3 Å². The molecule has 1 amide bonds. The second kappa shape index (κ2) is 5.78. The van der Waals surface area contributed by atoms with Gasteiger partial charge in [-0.2, -0.15) is 5.26 Å². The summed E-state index contributed by atoms with van der Waals surface area (Å²) in [6.45, 7) is -2.04. The second-order valence-corrected chi connectivity index (χ2v) is 5.88. The molecule has 0 spiro atoms. The number of benzene rings is 1. The van der Waals surface area contributed by atoms with Crippen LogP contribution in [0.25, 0.3) is 0 Å². The normalized spacial score (nSPS) is 25.7. The first-order valence-electron chi connectivity index (χ1n) is 7.39. The molecule has 1 N–H and O–H groups in total. The molecule has 122 valence electrons. The number of rotatable bonds is 3. The van der Waals surface area contributed by atoms with Gasteiger partial charge >= 0.3 is 0 Å². The molecular weight excluding hydrogens is 306 g/mol. The molecule has 0 bridgehead atoms. The van der Waals surface area contributed by atoms with Crippen LogP contribution in [-0.2, 0) is 4.79 Å². The van der Waals surface area contributed by atoms with Crippen LogP contribution in [-0.4, -0.2) is 47.5 Å². The number of nitrogens with zero attached hydrogens (tertiary/aromatic N) is 2. The second-order valence-electron chi connectivity index (χ2n) is 5.88. The van der Waals surface area contributed by atoms with E-state index in [0.29, 0.717) is 30.5 Å². The Morgan fingerprint density at radius 3 is 2.74 bits per heavy atom. The van der Waals surface area contributed by atoms with Crippen LogP contribution in [0.3, 0.4) is 0 Å². The van der Waals surface area contributed by atoms with Gasteiger partial charge in [0.05, 0.1) is 17.7 Å². The summed E-state index contributed by atoms with van der Waals surface area (Å²) in [5.41, 5.74) is -1.30. The molecule has 2 aliphatic heterocycles. The van der Waals surface area contributed by atoms with Gasteiger partial charge in [-0.1, -0.05) is 0 Å². The average molecular weight is 322 g/mol. The summed E-state index contributed by atoms with van der Waals surface area (Å²) in [6.07, 6.45) is -0.606. The Bertz CT molecular complexity index is 670. The van der Waals surface area contributed by atoms with Crippen LogP contribution in [0, 0.1) is 11.3 Å². The molecule has 2 heterocycles. The lowest BCUT2D eigenvalue weighted by atomic mass is 9.84. The number of hydrogen-bond donors (Lipinski definition) is 1. The Morgan fingerprint density at radius 1 is 1.43 bits per heavy atom. The van der Waals surface area contributed by atoms with Crippen LogP contribution >= 0.6 is 0 Å². The fourth-order valence-electron chi connectivity index (χ4n) is 3.23. The van der Waals surface area contributed by atoms with Crippen molar-refractivity contribution in [2.45, 2.75) is 30.6 Å². The van der Waals surface area contributed by atoms with E-state index in [1.807, 2.05) is 6.07 Å². The zero-order valence-electron chi connectivity index (χ0n) is 12.3. The van der Waals surface area contributed by atoms with E-state index in [2.05, 4.69) is 0 Å². The zero-order valence-corrected chi connectivity index (χ0v) is 12.3. The first-order chi connectivity index (χ1) is 11.1. The maximum atomic E-state index is 13.5. The van der Waals surface area contributed by atoms with Crippen molar-refractivity contribution in [2.24, 2.45) is 0 Å². The van der Waals surface area contributed by atoms with E-state index in [1.165, 1.54) is 23.1 Å². The van der Waals surface area contributed by atoms with Crippen LogP contribution in [0.5, 0.6) is 5.75 Å². The van der Waals surface area contributed by atoms with Crippen molar-refractivity contribution in [3.63, 3.8) is 0 Å². The highest BCUT2D eigenvalue weighted by Crippen LogP contribution is 2.45. The molecule has 2 aliphatic rings. The zero-order chi connectivity index (χ0) is 16.6. The Hall–Kier alpha value is -2.20. The maximum absolute atomic E-state index is 13.5. The number of amides is 1. The third kappa shape index (κ3) is 2.34. The van der Waals surface area contributed by atoms with E-state index in [4.69, 9.17) is 10.00 Å². The van der Waals surface area contributed by atoms with Gasteiger partial charge in [0.15, 0.2) is 5.60 Å². The number of aliphatic hydroxyl groups is 1. The van der Waals surface area contributed by atoms with E-state index in [0.717, 1.165) is 0 Å². The Labute approximate surface area is 132 Å². The molecule has 1 fully saturated rings. The summed E-state index contributed by atoms with van der Waals surface area (Å²) in [5.74, 6) is 0.00479. The number of alkyl halides is 2. The molecule has 0 aromatic heterocycles. The lowest BCUT2D eigenvalue weighted by Crippen LogP contribution is -2.60. The van der Waals surface area contributed by atoms with Gasteiger partial charge in [0.2, 0.25) is 5.91 Å². The van der Waals surface area contributed by atoms with E-state index >= 15 is 0 Å². The van der Waals surface area contributed by atoms with Gasteiger partial charge in [0, 0.05) is 18.5 Å². The van der Waals surface area contributed by atoms with Crippen molar-refractivity contribution in [1.82, 2.24) is 4.90 Å². The van der Waals surface area contributed by atoms with Gasteiger partial charge in [-0.15, -0.1) is 0 Å². The van der Waals surface area contributed by atoms with E-state index in [1.54, 1.807) is 0 Å². The van der Waals surface area contributed by atoms with Crippen LogP contribution in [0.2, 0.25) is 0 Å². The number of halogens is 2. The van der Waals surface area contributed by atoms with Crippen molar-refractivity contribution >= 4 is 5.91 Å². The van der Waals surface area contributed by atoms with Crippen LogP contribution in [0.4, 0.5) is 8.78 Å². The molecule has 23 heavy (non-hydrogen) atoms. The lowest BCUT2D eigenvalue weighted by Gasteiger charge is -2.46. The third-order valence-corrected chi connectivity index (χ3v) is 4.51. The number of carbonyl (C=O) groups excluding carboxylic acids is 1. The Balaban J connectivity index is 2.14. The molecular formula is C16H16F2N2O3. The van der Waals surface area contributed by atoms with Gasteiger partial charge in [0.1, 0.15) is 25.2 Å². The molecule has 1 aromatic carbocycles. The predicted octanol–water partition coefficient (Wildman–Crippen LogP) is 1.65. The van der Waals surface area contributed by atoms with Crippen LogP contribution < -0.4 is 4.74 Å². The average Bonchev–Trinajstić information content (AvgIpc) is 2.99. The number of likely N-dealkylation sites (tertiary alicyclic amines) is 1. The molecule has 2 atom stereocenters. The summed E-state index contributed by atoms with van der Waals surface area (Å²) >= 11 is 0. The van der Waals surface area contributed by atoms with Crippen molar-refractivity contribution in [1.29, 1.82) is 5.26 Å². The van der Waals surface area contributed by atoms with E-state index in [-0.39, 0.29) is 11.7 Å². The fourth-order valence-corrected chi connectivity index (χ4v) is 3.23. The molecule has 7 heteroatoms. The first-order valence-corrected chi connectivity index (χ1v) is 7.39. The summed E-state index contributed by atoms with van der Waals surface area (Å²) in [4.78, 5) is 13.5. The SMILES string of the molecule is N#Cc1ccc2c(c1)[C@@H](N1CCCC1=O)[C@H](O)C(CF)(CF)O2. The highest BCUT2D eigenvalue weighted by atomic mass is 19.1. The molecule has 0 unspecified atom stereocenters. The largest absolute Gasteiger partial charge is 0.479 e. The molecule has 1 saturated heterocycles. The monoisotopic (exact) mass is 322 g/mol. The molecule has 5 nitrogen and oxygen atoms in total. The quantitative estimate of drug-likeness (QED) is 0.918. The van der Waals surface area contributed by atoms with Gasteiger partial charge in [-0.25, -0.2) is 8.78 Å². The highest BCUT2D eigenvalue weighted by Gasteiger charge is 2.53. The number of aliphatic hydroxyl groups excluding tert-OH is 1. The van der Waals surface area contributed by atoms with Gasteiger partial charge in [0.25, 0.3) is 0 Å². The number of fused-ring (bicyclic) bond motifs is 1. The third-order valence-electron chi connectivity index (χ3n) is 4.51. The fraction of sp³-hybridized carbons (Fsp3) is 0.500. The van der Waals surface area contributed by atoms with Crippen molar-refractivity contribution in [3.8, 4) is 11.8 Å². The smallest absolute Gasteiger partial charge is 0.223 e. The van der Waals surface area contributed by atoms with Crippen LogP contribution in [0.15, 0.2) is 18.2 Å². The molecule has 0 radical (unpaired) electrons. The minimum absolute atomic E-state index is 0.184. The summed E-state index contributed by atoms with van der Waals surface area (Å²) < 4.78 is 32.4. The highest BCUT2D eigenvalue weighted by molar-refractivity contribution is 5.79. The molecule has 0 saturated carbocycles. The predicted molar refractivity (Wildman–Crippen MR) is 76.2 cm³/mol. The van der Waals surface area contributed by atoms with E-state index < -0.39 is 31.1 Å². The minimum Gasteiger partial charge on any atom is -0.479 e. The maximum Gasteiger partial charge on any atom is 0.223 e. The molecule has 1 aromatic rings. The number of ether oxygens (including phenoxy) is 1. The Morgan fingerprint density at radius 2 is 2.17 bits per heavy atom. The lowest BCUT2D eigenvalue weighted by molar-refractivity contribution is -0.149. The summed E-state index contributed by atoms with van der Waals surface area (Å²) in [7, 11) is 0. The molecule has 0 aliphatic carbocycles. The van der Waals surface area contributed by atoms with E-state index in [9.17, 15) is 18.7 Å². The van der Waals surface area contributed by atoms with Gasteiger partial charge < -0.3 is 14.7 Å².